The molecule has 0 aliphatic rings. The first-order valence-electron chi connectivity index (χ1n) is 14.7. The molecule has 0 aromatic heterocycles. The van der Waals surface area contributed by atoms with Gasteiger partial charge in [-0.1, -0.05) is 108 Å². The second-order valence-corrected chi connectivity index (χ2v) is 13.4. The third-order valence-corrected chi connectivity index (χ3v) is 9.58. The zero-order valence-electron chi connectivity index (χ0n) is 25.0. The quantitative estimate of drug-likeness (QED) is 0.154. The summed E-state index contributed by atoms with van der Waals surface area (Å²) in [4.78, 5) is 29.8. The number of hydrogen-bond acceptors (Lipinski definition) is 4. The molecule has 1 atom stereocenters. The lowest BCUT2D eigenvalue weighted by atomic mass is 10.0. The Bertz CT molecular complexity index is 1630. The van der Waals surface area contributed by atoms with Crippen LogP contribution in [0.2, 0.25) is 0 Å². The predicted octanol–water partition coefficient (Wildman–Crippen LogP) is 6.51. The molecule has 0 aliphatic carbocycles. The van der Waals surface area contributed by atoms with Crippen LogP contribution in [0.15, 0.2) is 119 Å². The maximum absolute atomic E-state index is 14.5. The van der Waals surface area contributed by atoms with Gasteiger partial charge in [-0.25, -0.2) is 8.42 Å². The summed E-state index contributed by atoms with van der Waals surface area (Å²) >= 11 is 3.41. The lowest BCUT2D eigenvalue weighted by Gasteiger charge is -2.34. The summed E-state index contributed by atoms with van der Waals surface area (Å²) in [6, 6.07) is 31.3. The lowest BCUT2D eigenvalue weighted by Crippen LogP contribution is -2.53. The van der Waals surface area contributed by atoms with E-state index in [2.05, 4.69) is 21.2 Å². The van der Waals surface area contributed by atoms with Crippen molar-refractivity contribution in [2.24, 2.45) is 0 Å². The van der Waals surface area contributed by atoms with E-state index >= 15 is 0 Å². The highest BCUT2D eigenvalue weighted by molar-refractivity contribution is 9.10. The van der Waals surface area contributed by atoms with Crippen LogP contribution >= 0.6 is 15.9 Å². The summed E-state index contributed by atoms with van der Waals surface area (Å²) in [5.74, 6) is -0.759. The Labute approximate surface area is 269 Å². The maximum atomic E-state index is 14.5. The topological polar surface area (TPSA) is 86.8 Å². The molecule has 0 aliphatic heterocycles. The molecule has 230 valence electrons. The Morgan fingerprint density at radius 2 is 1.48 bits per heavy atom. The number of benzene rings is 4. The molecule has 4 aromatic rings. The largest absolute Gasteiger partial charge is 0.354 e. The van der Waals surface area contributed by atoms with Crippen molar-refractivity contribution in [1.29, 1.82) is 0 Å². The molecule has 0 saturated heterocycles. The molecule has 0 bridgehead atoms. The summed E-state index contributed by atoms with van der Waals surface area (Å²) in [5.41, 5.74) is 3.10. The summed E-state index contributed by atoms with van der Waals surface area (Å²) in [7, 11) is -4.13. The monoisotopic (exact) mass is 675 g/mol. The SMILES string of the molecule is CCCCNC(=O)C(Cc1ccccc1)N(Cc1cccc(C)c1)C(=O)CN(c1ccc(Br)cc1)S(=O)(=O)c1ccccc1. The fraction of sp³-hybridized carbons (Fsp3) is 0.257. The van der Waals surface area contributed by atoms with E-state index in [1.807, 2.05) is 68.4 Å². The number of hydrogen-bond donors (Lipinski definition) is 1. The van der Waals surface area contributed by atoms with Crippen molar-refractivity contribution in [3.05, 3.63) is 130 Å². The molecule has 44 heavy (non-hydrogen) atoms. The first-order chi connectivity index (χ1) is 21.2. The third-order valence-electron chi connectivity index (χ3n) is 7.26. The number of anilines is 1. The second-order valence-electron chi connectivity index (χ2n) is 10.7. The molecule has 9 heteroatoms. The number of halogens is 1. The van der Waals surface area contributed by atoms with E-state index in [0.29, 0.717) is 12.2 Å². The highest BCUT2D eigenvalue weighted by atomic mass is 79.9. The minimum absolute atomic E-state index is 0.0686. The molecule has 0 fully saturated rings. The van der Waals surface area contributed by atoms with Gasteiger partial charge < -0.3 is 10.2 Å². The van der Waals surface area contributed by atoms with Gasteiger partial charge in [-0.3, -0.25) is 13.9 Å². The van der Waals surface area contributed by atoms with E-state index in [1.54, 1.807) is 42.5 Å². The predicted molar refractivity (Wildman–Crippen MR) is 179 cm³/mol. The Morgan fingerprint density at radius 1 is 0.841 bits per heavy atom. The molecule has 0 radical (unpaired) electrons. The standard InChI is InChI=1S/C35H38BrN3O4S/c1-3-4-22-37-35(41)33(24-28-13-7-5-8-14-28)38(25-29-15-11-12-27(2)23-29)34(40)26-39(31-20-18-30(36)19-21-31)44(42,43)32-16-9-6-10-17-32/h5-21,23,33H,3-4,22,24-26H2,1-2H3,(H,37,41). The van der Waals surface area contributed by atoms with Gasteiger partial charge in [-0.15, -0.1) is 0 Å². The molecule has 7 nitrogen and oxygen atoms in total. The summed E-state index contributed by atoms with van der Waals surface area (Å²) in [6.45, 7) is 4.15. The fourth-order valence-corrected chi connectivity index (χ4v) is 6.62. The van der Waals surface area contributed by atoms with Crippen molar-refractivity contribution in [2.75, 3.05) is 17.4 Å². The molecule has 0 spiro atoms. The van der Waals surface area contributed by atoms with Gasteiger partial charge in [-0.05, 0) is 60.9 Å². The molecular formula is C35H38BrN3O4S. The van der Waals surface area contributed by atoms with Gasteiger partial charge in [0.15, 0.2) is 0 Å². The Kier molecular flexibility index (Phi) is 11.7. The third kappa shape index (κ3) is 8.80. The van der Waals surface area contributed by atoms with Gasteiger partial charge in [0, 0.05) is 24.0 Å². The van der Waals surface area contributed by atoms with Crippen LogP contribution in [0.5, 0.6) is 0 Å². The zero-order valence-corrected chi connectivity index (χ0v) is 27.4. The number of sulfonamides is 1. The van der Waals surface area contributed by atoms with Gasteiger partial charge in [0.05, 0.1) is 10.6 Å². The van der Waals surface area contributed by atoms with Gasteiger partial charge in [0.1, 0.15) is 12.6 Å². The number of carbonyl (C=O) groups excluding carboxylic acids is 2. The van der Waals surface area contributed by atoms with E-state index < -0.39 is 28.5 Å². The van der Waals surface area contributed by atoms with Crippen LogP contribution in [0.4, 0.5) is 5.69 Å². The van der Waals surface area contributed by atoms with Crippen molar-refractivity contribution in [3.63, 3.8) is 0 Å². The molecule has 1 unspecified atom stereocenters. The maximum Gasteiger partial charge on any atom is 0.264 e. The molecule has 0 saturated carbocycles. The van der Waals surface area contributed by atoms with Crippen molar-refractivity contribution in [2.45, 2.75) is 50.6 Å². The average molecular weight is 677 g/mol. The van der Waals surface area contributed by atoms with Gasteiger partial charge >= 0.3 is 0 Å². The van der Waals surface area contributed by atoms with Crippen molar-refractivity contribution >= 4 is 43.5 Å². The number of rotatable bonds is 14. The highest BCUT2D eigenvalue weighted by Gasteiger charge is 2.34. The number of carbonyl (C=O) groups is 2. The lowest BCUT2D eigenvalue weighted by molar-refractivity contribution is -0.140. The van der Waals surface area contributed by atoms with Crippen LogP contribution in [0.1, 0.15) is 36.5 Å². The van der Waals surface area contributed by atoms with E-state index in [0.717, 1.165) is 38.3 Å². The van der Waals surface area contributed by atoms with E-state index in [-0.39, 0.29) is 23.8 Å². The smallest absolute Gasteiger partial charge is 0.264 e. The number of nitrogens with zero attached hydrogens (tertiary/aromatic N) is 2. The van der Waals surface area contributed by atoms with Crippen molar-refractivity contribution in [1.82, 2.24) is 10.2 Å². The van der Waals surface area contributed by atoms with Crippen LogP contribution in [0.25, 0.3) is 0 Å². The molecule has 4 aromatic carbocycles. The second kappa shape index (κ2) is 15.7. The summed E-state index contributed by atoms with van der Waals surface area (Å²) in [6.07, 6.45) is 2.00. The van der Waals surface area contributed by atoms with Gasteiger partial charge in [0.25, 0.3) is 10.0 Å². The minimum atomic E-state index is -4.13. The number of aryl methyl sites for hydroxylation is 1. The fourth-order valence-electron chi connectivity index (χ4n) is 4.92. The average Bonchev–Trinajstić information content (AvgIpc) is 3.03. The molecule has 0 heterocycles. The van der Waals surface area contributed by atoms with E-state index in [9.17, 15) is 18.0 Å². The molecule has 2 amide bonds. The van der Waals surface area contributed by atoms with Crippen LogP contribution in [0.3, 0.4) is 0 Å². The van der Waals surface area contributed by atoms with E-state index in [4.69, 9.17) is 0 Å². The number of unbranched alkanes of at least 4 members (excludes halogenated alkanes) is 1. The highest BCUT2D eigenvalue weighted by Crippen LogP contribution is 2.26. The Hall–Kier alpha value is -3.95. The van der Waals surface area contributed by atoms with Crippen molar-refractivity contribution < 1.29 is 18.0 Å². The first-order valence-corrected chi connectivity index (χ1v) is 16.9. The summed E-state index contributed by atoms with van der Waals surface area (Å²) < 4.78 is 29.9. The number of amides is 2. The van der Waals surface area contributed by atoms with Gasteiger partial charge in [0.2, 0.25) is 11.8 Å². The number of nitrogens with one attached hydrogen (secondary N) is 1. The Balaban J connectivity index is 1.78. The zero-order chi connectivity index (χ0) is 31.5. The Morgan fingerprint density at radius 3 is 2.11 bits per heavy atom. The molecular weight excluding hydrogens is 638 g/mol. The van der Waals surface area contributed by atoms with E-state index in [1.165, 1.54) is 17.0 Å². The van der Waals surface area contributed by atoms with Crippen LogP contribution in [-0.2, 0) is 32.6 Å². The normalized spacial score (nSPS) is 11.9. The van der Waals surface area contributed by atoms with Crippen LogP contribution < -0.4 is 9.62 Å². The van der Waals surface area contributed by atoms with Crippen molar-refractivity contribution in [3.8, 4) is 0 Å². The van der Waals surface area contributed by atoms with Crippen LogP contribution in [-0.4, -0.2) is 44.3 Å². The van der Waals surface area contributed by atoms with Gasteiger partial charge in [-0.2, -0.15) is 0 Å². The first kappa shape index (κ1) is 33.0. The molecule has 4 rings (SSSR count). The minimum Gasteiger partial charge on any atom is -0.354 e. The molecule has 1 N–H and O–H groups in total. The van der Waals surface area contributed by atoms with Crippen LogP contribution in [0, 0.1) is 6.92 Å². The summed E-state index contributed by atoms with van der Waals surface area (Å²) in [5, 5.41) is 3.01.